The first-order chi connectivity index (χ1) is 7.50. The van der Waals surface area contributed by atoms with Crippen LogP contribution in [0.25, 0.3) is 0 Å². The Balaban J connectivity index is 2.59. The van der Waals surface area contributed by atoms with Crippen molar-refractivity contribution in [1.82, 2.24) is 5.32 Å². The molecule has 16 heavy (non-hydrogen) atoms. The number of halogens is 4. The molecule has 6 heteroatoms. The third-order valence-corrected chi connectivity index (χ3v) is 5.68. The van der Waals surface area contributed by atoms with E-state index in [0.29, 0.717) is 15.1 Å². The van der Waals surface area contributed by atoms with Gasteiger partial charge in [-0.15, -0.1) is 0 Å². The van der Waals surface area contributed by atoms with Gasteiger partial charge in [-0.2, -0.15) is 0 Å². The van der Waals surface area contributed by atoms with E-state index >= 15 is 0 Å². The highest BCUT2D eigenvalue weighted by Gasteiger charge is 2.08. The summed E-state index contributed by atoms with van der Waals surface area (Å²) in [5.74, 6) is -0.0955. The lowest BCUT2D eigenvalue weighted by Crippen LogP contribution is -2.22. The molecule has 0 aliphatic carbocycles. The SMILES string of the molecule is O=C(NCc1cccc(Cl)c1)/C(I)=C(/Br)I. The Hall–Kier alpha value is 0.660. The molecule has 1 aromatic rings. The molecule has 1 amide bonds. The highest BCUT2D eigenvalue weighted by molar-refractivity contribution is 14.1. The van der Waals surface area contributed by atoms with Crippen LogP contribution < -0.4 is 5.32 Å². The molecule has 86 valence electrons. The van der Waals surface area contributed by atoms with Gasteiger partial charge >= 0.3 is 0 Å². The van der Waals surface area contributed by atoms with Crippen LogP contribution in [0.1, 0.15) is 5.56 Å². The number of hydrogen-bond acceptors (Lipinski definition) is 1. The molecule has 1 N–H and O–H groups in total. The van der Waals surface area contributed by atoms with E-state index in [1.165, 1.54) is 0 Å². The molecule has 0 aromatic heterocycles. The fourth-order valence-electron chi connectivity index (χ4n) is 0.993. The summed E-state index contributed by atoms with van der Waals surface area (Å²) in [4.78, 5) is 11.6. The second kappa shape index (κ2) is 7.17. The number of carbonyl (C=O) groups is 1. The van der Waals surface area contributed by atoms with Gasteiger partial charge in [0.05, 0.1) is 6.07 Å². The smallest absolute Gasteiger partial charge is 0.259 e. The van der Waals surface area contributed by atoms with Gasteiger partial charge in [0.25, 0.3) is 5.91 Å². The lowest BCUT2D eigenvalue weighted by atomic mass is 10.2. The van der Waals surface area contributed by atoms with Crippen molar-refractivity contribution in [1.29, 1.82) is 0 Å². The molecule has 0 aliphatic rings. The van der Waals surface area contributed by atoms with E-state index < -0.39 is 0 Å². The van der Waals surface area contributed by atoms with E-state index in [4.69, 9.17) is 11.6 Å². The molecule has 0 atom stereocenters. The molecule has 1 rings (SSSR count). The van der Waals surface area contributed by atoms with Gasteiger partial charge in [-0.05, 0) is 78.8 Å². The fourth-order valence-corrected chi connectivity index (χ4v) is 1.82. The minimum Gasteiger partial charge on any atom is -0.348 e. The lowest BCUT2D eigenvalue weighted by molar-refractivity contribution is -0.116. The van der Waals surface area contributed by atoms with Gasteiger partial charge in [0.1, 0.15) is 0 Å². The minimum atomic E-state index is -0.0955. The number of hydrogen-bond donors (Lipinski definition) is 1. The van der Waals surface area contributed by atoms with Crippen LogP contribution in [0.4, 0.5) is 0 Å². The zero-order chi connectivity index (χ0) is 12.1. The summed E-state index contributed by atoms with van der Waals surface area (Å²) < 4.78 is 1.44. The Morgan fingerprint density at radius 2 is 2.12 bits per heavy atom. The Labute approximate surface area is 135 Å². The van der Waals surface area contributed by atoms with Crippen molar-refractivity contribution in [3.05, 3.63) is 40.9 Å². The van der Waals surface area contributed by atoms with Gasteiger partial charge in [0.15, 0.2) is 0 Å². The third kappa shape index (κ3) is 4.89. The Morgan fingerprint density at radius 3 is 2.69 bits per heavy atom. The van der Waals surface area contributed by atoms with Crippen LogP contribution in [0.5, 0.6) is 0 Å². The first kappa shape index (κ1) is 14.7. The topological polar surface area (TPSA) is 29.1 Å². The summed E-state index contributed by atoms with van der Waals surface area (Å²) in [6.07, 6.45) is 0. The van der Waals surface area contributed by atoms with Crippen LogP contribution in [0.3, 0.4) is 0 Å². The maximum Gasteiger partial charge on any atom is 0.259 e. The van der Waals surface area contributed by atoms with Gasteiger partial charge in [0, 0.05) is 11.6 Å². The molecule has 0 fully saturated rings. The van der Waals surface area contributed by atoms with Crippen molar-refractivity contribution in [2.75, 3.05) is 0 Å². The van der Waals surface area contributed by atoms with E-state index in [0.717, 1.165) is 8.05 Å². The lowest BCUT2D eigenvalue weighted by Gasteiger charge is -2.05. The first-order valence-electron chi connectivity index (χ1n) is 4.24. The van der Waals surface area contributed by atoms with Crippen LogP contribution in [0.2, 0.25) is 5.02 Å². The van der Waals surface area contributed by atoms with Crippen LogP contribution in [-0.4, -0.2) is 5.91 Å². The summed E-state index contributed by atoms with van der Waals surface area (Å²) >= 11 is 13.1. The Kier molecular flexibility index (Phi) is 6.60. The number of rotatable bonds is 3. The number of benzene rings is 1. The van der Waals surface area contributed by atoms with Crippen molar-refractivity contribution < 1.29 is 4.79 Å². The van der Waals surface area contributed by atoms with Crippen molar-refractivity contribution in [3.8, 4) is 0 Å². The fraction of sp³-hybridized carbons (Fsp3) is 0.100. The second-order valence-corrected chi connectivity index (χ2v) is 7.76. The predicted molar refractivity (Wildman–Crippen MR) is 87.3 cm³/mol. The minimum absolute atomic E-state index is 0.0955. The summed E-state index contributed by atoms with van der Waals surface area (Å²) in [6.45, 7) is 0.475. The summed E-state index contributed by atoms with van der Waals surface area (Å²) in [6, 6.07) is 7.41. The first-order valence-corrected chi connectivity index (χ1v) is 7.57. The molecule has 1 aromatic carbocycles. The number of carbonyl (C=O) groups excluding carboxylic acids is 1. The third-order valence-electron chi connectivity index (χ3n) is 1.71. The zero-order valence-electron chi connectivity index (χ0n) is 7.94. The van der Waals surface area contributed by atoms with Crippen LogP contribution in [0, 0.1) is 0 Å². The van der Waals surface area contributed by atoms with Gasteiger partial charge in [0.2, 0.25) is 0 Å². The highest BCUT2D eigenvalue weighted by Crippen LogP contribution is 2.24. The van der Waals surface area contributed by atoms with E-state index in [2.05, 4.69) is 43.8 Å². The molecular weight excluding hydrogens is 519 g/mol. The molecular formula is C10H7BrClI2NO. The molecule has 0 saturated heterocycles. The van der Waals surface area contributed by atoms with Gasteiger partial charge in [-0.25, -0.2) is 0 Å². The molecule has 0 aliphatic heterocycles. The highest BCUT2D eigenvalue weighted by atomic mass is 127. The van der Waals surface area contributed by atoms with E-state index in [1.807, 2.05) is 40.8 Å². The van der Waals surface area contributed by atoms with Crippen molar-refractivity contribution >= 4 is 78.6 Å². The molecule has 0 unspecified atom stereocenters. The zero-order valence-corrected chi connectivity index (χ0v) is 14.6. The number of nitrogens with one attached hydrogen (secondary N) is 1. The molecule has 0 radical (unpaired) electrons. The van der Waals surface area contributed by atoms with E-state index in [1.54, 1.807) is 6.07 Å². The quantitative estimate of drug-likeness (QED) is 0.460. The van der Waals surface area contributed by atoms with E-state index in [9.17, 15) is 4.79 Å². The van der Waals surface area contributed by atoms with Gasteiger partial charge in [-0.1, -0.05) is 23.7 Å². The monoisotopic (exact) mass is 525 g/mol. The van der Waals surface area contributed by atoms with Crippen LogP contribution >= 0.6 is 72.7 Å². The summed E-state index contributed by atoms with van der Waals surface area (Å²) in [7, 11) is 0. The van der Waals surface area contributed by atoms with Gasteiger partial charge in [-0.3, -0.25) is 4.79 Å². The molecule has 0 saturated carbocycles. The van der Waals surface area contributed by atoms with E-state index in [-0.39, 0.29) is 5.91 Å². The van der Waals surface area contributed by atoms with Crippen LogP contribution in [-0.2, 0) is 11.3 Å². The normalized spacial score (nSPS) is 12.0. The average Bonchev–Trinajstić information content (AvgIpc) is 2.24. The molecule has 0 spiro atoms. The number of amides is 1. The van der Waals surface area contributed by atoms with Gasteiger partial charge < -0.3 is 5.32 Å². The van der Waals surface area contributed by atoms with Crippen LogP contribution in [0.15, 0.2) is 30.3 Å². The van der Waals surface area contributed by atoms with Crippen molar-refractivity contribution in [3.63, 3.8) is 0 Å². The Bertz CT molecular complexity index is 433. The summed E-state index contributed by atoms with van der Waals surface area (Å²) in [5.41, 5.74) is 0.981. The maximum atomic E-state index is 11.6. The largest absolute Gasteiger partial charge is 0.348 e. The molecule has 2 nitrogen and oxygen atoms in total. The predicted octanol–water partition coefficient (Wildman–Crippen LogP) is 4.39. The van der Waals surface area contributed by atoms with Crippen molar-refractivity contribution in [2.45, 2.75) is 6.54 Å². The average molecular weight is 526 g/mol. The second-order valence-electron chi connectivity index (χ2n) is 2.89. The van der Waals surface area contributed by atoms with Crippen molar-refractivity contribution in [2.24, 2.45) is 0 Å². The molecule has 0 bridgehead atoms. The standard InChI is InChI=1S/C10H7BrClI2NO/c11-9(14)8(13)10(16)15-5-6-2-1-3-7(12)4-6/h1-4H,5H2,(H,15,16)/b9-8+. The summed E-state index contributed by atoms with van der Waals surface area (Å²) in [5, 5.41) is 3.48. The molecule has 0 heterocycles. The maximum absolute atomic E-state index is 11.6. The Morgan fingerprint density at radius 1 is 1.44 bits per heavy atom.